The molecule has 1 heterocycles. The van der Waals surface area contributed by atoms with Gasteiger partial charge in [-0.05, 0) is 37.5 Å². The molecule has 0 saturated heterocycles. The number of hydrogen-bond donors (Lipinski definition) is 2. The Morgan fingerprint density at radius 2 is 2.29 bits per heavy atom. The van der Waals surface area contributed by atoms with Gasteiger partial charge in [-0.15, -0.1) is 0 Å². The summed E-state index contributed by atoms with van der Waals surface area (Å²) in [5, 5.41) is 2.98. The van der Waals surface area contributed by atoms with Crippen LogP contribution in [-0.4, -0.2) is 22.0 Å². The molecule has 1 aromatic heterocycles. The molecule has 5 nitrogen and oxygen atoms in total. The molecule has 2 rings (SSSR count). The molecule has 21 heavy (non-hydrogen) atoms. The van der Waals surface area contributed by atoms with Crippen LogP contribution in [0.25, 0.3) is 0 Å². The van der Waals surface area contributed by atoms with Crippen molar-refractivity contribution in [1.82, 2.24) is 14.9 Å². The molecule has 1 amide bonds. The molecule has 0 spiro atoms. The Labute approximate surface area is 125 Å². The number of nitrogens with zero attached hydrogens (tertiary/aromatic N) is 2. The Bertz CT molecular complexity index is 565. The molecular formula is C16H22N4O. The number of rotatable bonds is 7. The fourth-order valence-electron chi connectivity index (χ4n) is 2.18. The summed E-state index contributed by atoms with van der Waals surface area (Å²) in [6, 6.07) is 7.48. The van der Waals surface area contributed by atoms with Crippen LogP contribution in [0, 0.1) is 0 Å². The van der Waals surface area contributed by atoms with Crippen LogP contribution in [0.1, 0.15) is 31.2 Å². The highest BCUT2D eigenvalue weighted by Crippen LogP contribution is 2.17. The van der Waals surface area contributed by atoms with Crippen molar-refractivity contribution in [3.05, 3.63) is 48.5 Å². The van der Waals surface area contributed by atoms with Gasteiger partial charge in [0.05, 0.1) is 12.2 Å². The van der Waals surface area contributed by atoms with Crippen LogP contribution in [0.4, 0.5) is 5.69 Å². The summed E-state index contributed by atoms with van der Waals surface area (Å²) in [6.07, 6.45) is 7.49. The molecule has 0 fully saturated rings. The van der Waals surface area contributed by atoms with Gasteiger partial charge in [-0.3, -0.25) is 4.79 Å². The number of hydrogen-bond acceptors (Lipinski definition) is 3. The van der Waals surface area contributed by atoms with Crippen LogP contribution < -0.4 is 11.1 Å². The molecule has 2 aromatic rings. The van der Waals surface area contributed by atoms with Crippen LogP contribution in [0.15, 0.2) is 43.0 Å². The molecule has 0 aliphatic rings. The lowest BCUT2D eigenvalue weighted by atomic mass is 10.00. The molecule has 0 bridgehead atoms. The average Bonchev–Trinajstić information content (AvgIpc) is 2.99. The number of nitrogens with two attached hydrogens (primary N) is 1. The predicted molar refractivity (Wildman–Crippen MR) is 83.7 cm³/mol. The van der Waals surface area contributed by atoms with Gasteiger partial charge in [0.15, 0.2) is 0 Å². The molecule has 0 aliphatic heterocycles. The van der Waals surface area contributed by atoms with Crippen molar-refractivity contribution in [3.8, 4) is 0 Å². The number of carbonyl (C=O) groups excluding carboxylic acids is 1. The summed E-state index contributed by atoms with van der Waals surface area (Å²) in [5.74, 6) is -0.134. The van der Waals surface area contributed by atoms with Crippen molar-refractivity contribution in [2.24, 2.45) is 0 Å². The van der Waals surface area contributed by atoms with Crippen molar-refractivity contribution in [1.29, 1.82) is 0 Å². The summed E-state index contributed by atoms with van der Waals surface area (Å²) in [6.45, 7) is 3.52. The first-order valence-electron chi connectivity index (χ1n) is 7.25. The number of unbranched alkanes of at least 4 members (excludes halogenated alkanes) is 1. The predicted octanol–water partition coefficient (Wildman–Crippen LogP) is 2.17. The van der Waals surface area contributed by atoms with Crippen LogP contribution in [-0.2, 0) is 11.3 Å². The zero-order valence-electron chi connectivity index (χ0n) is 12.3. The maximum absolute atomic E-state index is 12.1. The van der Waals surface area contributed by atoms with E-state index in [4.69, 9.17) is 5.73 Å². The first-order chi connectivity index (χ1) is 10.2. The Hall–Kier alpha value is -2.30. The lowest BCUT2D eigenvalue weighted by Gasteiger charge is -2.13. The second-order valence-electron chi connectivity index (χ2n) is 5.19. The number of nitrogens with one attached hydrogen (secondary N) is 1. The molecule has 1 aromatic carbocycles. The SMILES string of the molecule is CC(C(=O)NCCCCn1ccnc1)c1cccc(N)c1. The summed E-state index contributed by atoms with van der Waals surface area (Å²) in [5.41, 5.74) is 7.38. The zero-order valence-corrected chi connectivity index (χ0v) is 12.3. The number of anilines is 1. The maximum atomic E-state index is 12.1. The molecule has 1 atom stereocenters. The molecular weight excluding hydrogens is 264 g/mol. The van der Waals surface area contributed by atoms with Crippen LogP contribution in [0.5, 0.6) is 0 Å². The van der Waals surface area contributed by atoms with Gasteiger partial charge in [0, 0.05) is 31.2 Å². The number of nitrogen functional groups attached to an aromatic ring is 1. The van der Waals surface area contributed by atoms with E-state index in [0.29, 0.717) is 12.2 Å². The summed E-state index contributed by atoms with van der Waals surface area (Å²) in [4.78, 5) is 16.1. The van der Waals surface area contributed by atoms with Crippen LogP contribution >= 0.6 is 0 Å². The van der Waals surface area contributed by atoms with Crippen LogP contribution in [0.3, 0.4) is 0 Å². The summed E-state index contributed by atoms with van der Waals surface area (Å²) < 4.78 is 2.04. The average molecular weight is 286 g/mol. The van der Waals surface area contributed by atoms with Crippen LogP contribution in [0.2, 0.25) is 0 Å². The van der Waals surface area contributed by atoms with E-state index in [-0.39, 0.29) is 11.8 Å². The standard InChI is InChI=1S/C16H22N4O/c1-13(14-5-4-6-15(17)11-14)16(21)19-7-2-3-9-20-10-8-18-12-20/h4-6,8,10-13H,2-3,7,9,17H2,1H3,(H,19,21). The van der Waals surface area contributed by atoms with Gasteiger partial charge in [0.1, 0.15) is 0 Å². The summed E-state index contributed by atoms with van der Waals surface area (Å²) >= 11 is 0. The lowest BCUT2D eigenvalue weighted by molar-refractivity contribution is -0.122. The Kier molecular flexibility index (Phi) is 5.37. The maximum Gasteiger partial charge on any atom is 0.227 e. The third-order valence-corrected chi connectivity index (χ3v) is 3.51. The molecule has 5 heteroatoms. The third kappa shape index (κ3) is 4.63. The highest BCUT2D eigenvalue weighted by atomic mass is 16.1. The minimum atomic E-state index is -0.179. The number of benzene rings is 1. The van der Waals surface area contributed by atoms with E-state index < -0.39 is 0 Å². The lowest BCUT2D eigenvalue weighted by Crippen LogP contribution is -2.29. The highest BCUT2D eigenvalue weighted by Gasteiger charge is 2.14. The monoisotopic (exact) mass is 286 g/mol. The topological polar surface area (TPSA) is 72.9 Å². The third-order valence-electron chi connectivity index (χ3n) is 3.51. The number of carbonyl (C=O) groups is 1. The Morgan fingerprint density at radius 3 is 3.00 bits per heavy atom. The minimum absolute atomic E-state index is 0.0447. The van der Waals surface area contributed by atoms with Crippen molar-refractivity contribution in [2.45, 2.75) is 32.2 Å². The molecule has 0 saturated carbocycles. The normalized spacial score (nSPS) is 12.0. The first-order valence-corrected chi connectivity index (χ1v) is 7.25. The van der Waals surface area contributed by atoms with Gasteiger partial charge in [0.2, 0.25) is 5.91 Å². The number of imidazole rings is 1. The van der Waals surface area contributed by atoms with E-state index in [0.717, 1.165) is 24.9 Å². The summed E-state index contributed by atoms with van der Waals surface area (Å²) in [7, 11) is 0. The fraction of sp³-hybridized carbons (Fsp3) is 0.375. The Balaban J connectivity index is 1.69. The zero-order chi connectivity index (χ0) is 15.1. The van der Waals surface area contributed by atoms with Gasteiger partial charge < -0.3 is 15.6 Å². The van der Waals surface area contributed by atoms with E-state index in [9.17, 15) is 4.79 Å². The Morgan fingerprint density at radius 1 is 1.43 bits per heavy atom. The fourth-order valence-corrected chi connectivity index (χ4v) is 2.18. The second kappa shape index (κ2) is 7.47. The molecule has 0 radical (unpaired) electrons. The molecule has 3 N–H and O–H groups in total. The van der Waals surface area contributed by atoms with Gasteiger partial charge in [-0.1, -0.05) is 12.1 Å². The van der Waals surface area contributed by atoms with Gasteiger partial charge in [-0.2, -0.15) is 0 Å². The molecule has 0 aliphatic carbocycles. The van der Waals surface area contributed by atoms with Crippen molar-refractivity contribution in [2.75, 3.05) is 12.3 Å². The van der Waals surface area contributed by atoms with Crippen molar-refractivity contribution in [3.63, 3.8) is 0 Å². The smallest absolute Gasteiger partial charge is 0.227 e. The van der Waals surface area contributed by atoms with Gasteiger partial charge >= 0.3 is 0 Å². The van der Waals surface area contributed by atoms with Gasteiger partial charge in [-0.25, -0.2) is 4.98 Å². The molecule has 112 valence electrons. The second-order valence-corrected chi connectivity index (χ2v) is 5.19. The van der Waals surface area contributed by atoms with Crippen molar-refractivity contribution >= 4 is 11.6 Å². The van der Waals surface area contributed by atoms with E-state index in [1.165, 1.54) is 0 Å². The highest BCUT2D eigenvalue weighted by molar-refractivity contribution is 5.83. The number of aryl methyl sites for hydroxylation is 1. The van der Waals surface area contributed by atoms with Crippen molar-refractivity contribution < 1.29 is 4.79 Å². The number of aromatic nitrogens is 2. The quantitative estimate of drug-likeness (QED) is 0.605. The van der Waals surface area contributed by atoms with E-state index in [2.05, 4.69) is 10.3 Å². The van der Waals surface area contributed by atoms with Gasteiger partial charge in [0.25, 0.3) is 0 Å². The number of amides is 1. The largest absolute Gasteiger partial charge is 0.399 e. The minimum Gasteiger partial charge on any atom is -0.399 e. The first kappa shape index (κ1) is 15.1. The van der Waals surface area contributed by atoms with E-state index >= 15 is 0 Å². The van der Waals surface area contributed by atoms with E-state index in [1.54, 1.807) is 12.5 Å². The molecule has 1 unspecified atom stereocenters. The van der Waals surface area contributed by atoms with E-state index in [1.807, 2.05) is 42.0 Å².